The zero-order valence-corrected chi connectivity index (χ0v) is 13.5. The van der Waals surface area contributed by atoms with Crippen molar-refractivity contribution in [1.29, 1.82) is 0 Å². The minimum atomic E-state index is 0.508. The number of ether oxygens (including phenoxy) is 2. The molecule has 0 amide bonds. The minimum absolute atomic E-state index is 0.508. The first-order valence-corrected chi connectivity index (χ1v) is 8.80. The summed E-state index contributed by atoms with van der Waals surface area (Å²) in [5, 5.41) is 0. The van der Waals surface area contributed by atoms with Gasteiger partial charge in [0.15, 0.2) is 0 Å². The van der Waals surface area contributed by atoms with Gasteiger partial charge in [-0.15, -0.1) is 0 Å². The van der Waals surface area contributed by atoms with Gasteiger partial charge in [-0.3, -0.25) is 4.90 Å². The van der Waals surface area contributed by atoms with Gasteiger partial charge in [-0.25, -0.2) is 0 Å². The van der Waals surface area contributed by atoms with Crippen LogP contribution in [0.1, 0.15) is 65.2 Å². The van der Waals surface area contributed by atoms with Gasteiger partial charge in [0.1, 0.15) is 0 Å². The highest BCUT2D eigenvalue weighted by molar-refractivity contribution is 4.84. The summed E-state index contributed by atoms with van der Waals surface area (Å²) in [5.74, 6) is 0. The van der Waals surface area contributed by atoms with Crippen molar-refractivity contribution in [2.75, 3.05) is 26.3 Å². The first-order valence-electron chi connectivity index (χ1n) is 8.80. The van der Waals surface area contributed by atoms with E-state index in [-0.39, 0.29) is 0 Å². The van der Waals surface area contributed by atoms with Crippen LogP contribution in [0, 0.1) is 0 Å². The van der Waals surface area contributed by atoms with E-state index in [1.54, 1.807) is 0 Å². The van der Waals surface area contributed by atoms with E-state index in [0.29, 0.717) is 12.2 Å². The van der Waals surface area contributed by atoms with Gasteiger partial charge in [-0.1, -0.05) is 52.4 Å². The lowest BCUT2D eigenvalue weighted by Crippen LogP contribution is -2.40. The van der Waals surface area contributed by atoms with E-state index >= 15 is 0 Å². The third-order valence-electron chi connectivity index (χ3n) is 4.48. The topological polar surface area (TPSA) is 28.3 Å². The van der Waals surface area contributed by atoms with Gasteiger partial charge in [0.05, 0.1) is 25.4 Å². The molecule has 20 heavy (non-hydrogen) atoms. The fourth-order valence-electron chi connectivity index (χ4n) is 3.01. The molecule has 118 valence electrons. The second-order valence-corrected chi connectivity index (χ2v) is 6.51. The summed E-state index contributed by atoms with van der Waals surface area (Å²) in [7, 11) is 0. The maximum Gasteiger partial charge on any atom is 0.0936 e. The first kappa shape index (κ1) is 16.3. The molecule has 0 spiro atoms. The molecule has 0 radical (unpaired) electrons. The Balaban J connectivity index is 1.80. The molecule has 0 aliphatic carbocycles. The second-order valence-electron chi connectivity index (χ2n) is 6.51. The largest absolute Gasteiger partial charge is 0.372 e. The molecule has 2 unspecified atom stereocenters. The highest BCUT2D eigenvalue weighted by Crippen LogP contribution is 2.23. The number of rotatable bonds is 13. The lowest BCUT2D eigenvalue weighted by molar-refractivity contribution is 0.143. The summed E-state index contributed by atoms with van der Waals surface area (Å²) < 4.78 is 10.9. The van der Waals surface area contributed by atoms with E-state index in [2.05, 4.69) is 18.7 Å². The van der Waals surface area contributed by atoms with Crippen LogP contribution in [0.2, 0.25) is 0 Å². The van der Waals surface area contributed by atoms with Gasteiger partial charge < -0.3 is 9.47 Å². The number of nitrogens with zero attached hydrogens (tertiary/aromatic N) is 1. The number of epoxide rings is 2. The van der Waals surface area contributed by atoms with Crippen molar-refractivity contribution < 1.29 is 9.47 Å². The van der Waals surface area contributed by atoms with Crippen molar-refractivity contribution in [3.63, 3.8) is 0 Å². The average Bonchev–Trinajstić information content (AvgIpc) is 3.32. The molecule has 0 bridgehead atoms. The Morgan fingerprint density at radius 2 is 1.30 bits per heavy atom. The van der Waals surface area contributed by atoms with Crippen LogP contribution in [-0.4, -0.2) is 49.5 Å². The summed E-state index contributed by atoms with van der Waals surface area (Å²) in [6.07, 6.45) is 11.9. The van der Waals surface area contributed by atoms with E-state index in [1.165, 1.54) is 51.4 Å². The molecule has 3 nitrogen and oxygen atoms in total. The fourth-order valence-corrected chi connectivity index (χ4v) is 3.01. The third-order valence-corrected chi connectivity index (χ3v) is 4.48. The molecule has 2 aliphatic heterocycles. The Kier molecular flexibility index (Phi) is 7.32. The summed E-state index contributed by atoms with van der Waals surface area (Å²) in [4.78, 5) is 2.68. The van der Waals surface area contributed by atoms with Gasteiger partial charge in [-0.05, 0) is 12.8 Å². The average molecular weight is 283 g/mol. The molecule has 2 rings (SSSR count). The highest BCUT2D eigenvalue weighted by atomic mass is 16.6. The predicted molar refractivity (Wildman–Crippen MR) is 83.1 cm³/mol. The molecule has 2 saturated heterocycles. The van der Waals surface area contributed by atoms with E-state index in [1.807, 2.05) is 0 Å². The van der Waals surface area contributed by atoms with Gasteiger partial charge in [0, 0.05) is 19.1 Å². The van der Waals surface area contributed by atoms with E-state index < -0.39 is 0 Å². The number of hydrogen-bond acceptors (Lipinski definition) is 3. The molecule has 2 heterocycles. The highest BCUT2D eigenvalue weighted by Gasteiger charge is 2.33. The lowest BCUT2D eigenvalue weighted by Gasteiger charge is -2.31. The van der Waals surface area contributed by atoms with Gasteiger partial charge in [-0.2, -0.15) is 0 Å². The van der Waals surface area contributed by atoms with Crippen LogP contribution >= 0.6 is 0 Å². The molecule has 0 saturated carbocycles. The molecule has 0 aromatic carbocycles. The molecule has 2 fully saturated rings. The molecule has 0 aromatic heterocycles. The van der Waals surface area contributed by atoms with Crippen LogP contribution in [0.15, 0.2) is 0 Å². The third kappa shape index (κ3) is 6.55. The fraction of sp³-hybridized carbons (Fsp3) is 1.00. The number of unbranched alkanes of at least 4 members (excludes halogenated alkanes) is 4. The number of hydrogen-bond donors (Lipinski definition) is 0. The molecule has 3 heteroatoms. The zero-order chi connectivity index (χ0) is 14.2. The summed E-state index contributed by atoms with van der Waals surface area (Å²) >= 11 is 0. The summed E-state index contributed by atoms with van der Waals surface area (Å²) in [5.41, 5.74) is 0. The Hall–Kier alpha value is -0.120. The predicted octanol–water partition coefficient (Wildman–Crippen LogP) is 3.62. The van der Waals surface area contributed by atoms with Crippen LogP contribution < -0.4 is 0 Å². The molecule has 2 aliphatic rings. The standard InChI is InChI=1S/C17H33NO2/c1-3-5-7-9-15(10-8-6-4-2)18(11-16-13-19-16)12-17-14-20-17/h15-17H,3-14H2,1-2H3. The van der Waals surface area contributed by atoms with Gasteiger partial charge in [0.25, 0.3) is 0 Å². The first-order chi connectivity index (χ1) is 9.83. The summed E-state index contributed by atoms with van der Waals surface area (Å²) in [6, 6.07) is 0.751. The van der Waals surface area contributed by atoms with Gasteiger partial charge >= 0.3 is 0 Å². The zero-order valence-electron chi connectivity index (χ0n) is 13.5. The quantitative estimate of drug-likeness (QED) is 0.382. The summed E-state index contributed by atoms with van der Waals surface area (Å²) in [6.45, 7) is 8.78. The molecule has 2 atom stereocenters. The Bertz CT molecular complexity index is 227. The van der Waals surface area contributed by atoms with Crippen molar-refractivity contribution in [2.45, 2.75) is 83.5 Å². The van der Waals surface area contributed by atoms with Crippen molar-refractivity contribution >= 4 is 0 Å². The van der Waals surface area contributed by atoms with Crippen molar-refractivity contribution in [3.05, 3.63) is 0 Å². The van der Waals surface area contributed by atoms with Crippen molar-refractivity contribution in [3.8, 4) is 0 Å². The Labute approximate surface area is 125 Å². The smallest absolute Gasteiger partial charge is 0.0936 e. The maximum atomic E-state index is 5.46. The molecule has 0 aromatic rings. The van der Waals surface area contributed by atoms with E-state index in [9.17, 15) is 0 Å². The van der Waals surface area contributed by atoms with Crippen molar-refractivity contribution in [2.24, 2.45) is 0 Å². The Morgan fingerprint density at radius 1 is 0.850 bits per heavy atom. The van der Waals surface area contributed by atoms with E-state index in [0.717, 1.165) is 32.3 Å². The SMILES string of the molecule is CCCCCC(CCCCC)N(CC1CO1)CC1CO1. The van der Waals surface area contributed by atoms with Crippen LogP contribution in [-0.2, 0) is 9.47 Å². The Morgan fingerprint density at radius 3 is 1.65 bits per heavy atom. The lowest BCUT2D eigenvalue weighted by atomic mass is 10.00. The second kappa shape index (κ2) is 9.01. The van der Waals surface area contributed by atoms with E-state index in [4.69, 9.17) is 9.47 Å². The van der Waals surface area contributed by atoms with Gasteiger partial charge in [0.2, 0.25) is 0 Å². The normalized spacial score (nSPS) is 24.6. The van der Waals surface area contributed by atoms with Crippen LogP contribution in [0.5, 0.6) is 0 Å². The van der Waals surface area contributed by atoms with Crippen LogP contribution in [0.25, 0.3) is 0 Å². The monoisotopic (exact) mass is 283 g/mol. The molecular formula is C17H33NO2. The van der Waals surface area contributed by atoms with Crippen LogP contribution in [0.4, 0.5) is 0 Å². The van der Waals surface area contributed by atoms with Crippen molar-refractivity contribution in [1.82, 2.24) is 4.90 Å². The maximum absolute atomic E-state index is 5.46. The molecule has 0 N–H and O–H groups in total. The minimum Gasteiger partial charge on any atom is -0.372 e. The van der Waals surface area contributed by atoms with Crippen LogP contribution in [0.3, 0.4) is 0 Å². The molecular weight excluding hydrogens is 250 g/mol.